The molecule has 290 valence electrons. The largest absolute Gasteiger partial charge is 0.492 e. The lowest BCUT2D eigenvalue weighted by molar-refractivity contribution is 0.0725. The molecule has 0 spiro atoms. The van der Waals surface area contributed by atoms with Gasteiger partial charge in [0.2, 0.25) is 5.82 Å². The minimum atomic E-state index is -0.530. The Kier molecular flexibility index (Phi) is 16.8. The van der Waals surface area contributed by atoms with Crippen molar-refractivity contribution in [2.24, 2.45) is 0 Å². The summed E-state index contributed by atoms with van der Waals surface area (Å²) in [6.07, 6.45) is 18.4. The number of carbonyl (C=O) groups excluding carboxylic acids is 2. The van der Waals surface area contributed by atoms with Gasteiger partial charge in [-0.2, -0.15) is 4.98 Å². The van der Waals surface area contributed by atoms with Crippen molar-refractivity contribution in [2.75, 3.05) is 6.61 Å². The zero-order valence-electron chi connectivity index (χ0n) is 32.2. The summed E-state index contributed by atoms with van der Waals surface area (Å²) in [7, 11) is 0. The number of rotatable bonds is 23. The van der Waals surface area contributed by atoms with Crippen molar-refractivity contribution >= 4 is 23.5 Å². The maximum Gasteiger partial charge on any atom is 0.343 e. The molecule has 0 N–H and O–H groups in total. The molecular formula is C46H53ClN2O6. The molecule has 5 rings (SSSR count). The summed E-state index contributed by atoms with van der Waals surface area (Å²) in [5, 5.41) is 4.48. The molecule has 4 aromatic carbocycles. The first-order valence-electron chi connectivity index (χ1n) is 19.9. The van der Waals surface area contributed by atoms with Gasteiger partial charge in [-0.1, -0.05) is 120 Å². The number of hydrogen-bond acceptors (Lipinski definition) is 8. The molecule has 0 fully saturated rings. The highest BCUT2D eigenvalue weighted by Crippen LogP contribution is 2.28. The first kappa shape index (κ1) is 41.2. The van der Waals surface area contributed by atoms with Gasteiger partial charge in [0.15, 0.2) is 0 Å². The Balaban J connectivity index is 1.05. The van der Waals surface area contributed by atoms with E-state index in [2.05, 4.69) is 24.0 Å². The zero-order chi connectivity index (χ0) is 38.7. The molecule has 0 bridgehead atoms. The zero-order valence-corrected chi connectivity index (χ0v) is 33.0. The van der Waals surface area contributed by atoms with Crippen LogP contribution in [0.2, 0.25) is 5.02 Å². The minimum Gasteiger partial charge on any atom is -0.492 e. The van der Waals surface area contributed by atoms with Gasteiger partial charge in [-0.15, -0.1) is 0 Å². The average molecular weight is 765 g/mol. The predicted molar refractivity (Wildman–Crippen MR) is 218 cm³/mol. The smallest absolute Gasteiger partial charge is 0.343 e. The van der Waals surface area contributed by atoms with E-state index >= 15 is 0 Å². The maximum atomic E-state index is 12.9. The van der Waals surface area contributed by atoms with E-state index in [0.29, 0.717) is 62.8 Å². The van der Waals surface area contributed by atoms with Crippen LogP contribution in [-0.4, -0.2) is 28.7 Å². The molecule has 0 aliphatic rings. The highest BCUT2D eigenvalue weighted by atomic mass is 35.5. The third kappa shape index (κ3) is 13.4. The predicted octanol–water partition coefficient (Wildman–Crippen LogP) is 12.9. The summed E-state index contributed by atoms with van der Waals surface area (Å²) in [5.41, 5.74) is 3.40. The highest BCUT2D eigenvalue weighted by Gasteiger charge is 2.15. The second-order valence-electron chi connectivity index (χ2n) is 13.9. The summed E-state index contributed by atoms with van der Waals surface area (Å²) < 4.78 is 22.6. The number of aryl methyl sites for hydroxylation is 1. The van der Waals surface area contributed by atoms with Crippen LogP contribution in [0.25, 0.3) is 22.8 Å². The van der Waals surface area contributed by atoms with Gasteiger partial charge in [-0.25, -0.2) is 9.59 Å². The topological polar surface area (TPSA) is 101 Å². The summed E-state index contributed by atoms with van der Waals surface area (Å²) in [5.74, 6) is 1.07. The third-order valence-electron chi connectivity index (χ3n) is 9.49. The first-order chi connectivity index (χ1) is 26.9. The second kappa shape index (κ2) is 22.4. The van der Waals surface area contributed by atoms with E-state index in [4.69, 9.17) is 30.3 Å². The first-order valence-corrected chi connectivity index (χ1v) is 20.3. The van der Waals surface area contributed by atoms with Gasteiger partial charge in [-0.05, 0) is 104 Å². The van der Waals surface area contributed by atoms with Gasteiger partial charge >= 0.3 is 11.9 Å². The van der Waals surface area contributed by atoms with E-state index < -0.39 is 11.9 Å². The van der Waals surface area contributed by atoms with Gasteiger partial charge in [0, 0.05) is 11.1 Å². The van der Waals surface area contributed by atoms with Crippen LogP contribution in [-0.2, 0) is 6.42 Å². The van der Waals surface area contributed by atoms with Gasteiger partial charge in [0.25, 0.3) is 5.89 Å². The second-order valence-corrected chi connectivity index (χ2v) is 14.3. The fourth-order valence-electron chi connectivity index (χ4n) is 6.21. The molecule has 0 aliphatic carbocycles. The van der Waals surface area contributed by atoms with Crippen molar-refractivity contribution in [3.05, 3.63) is 113 Å². The van der Waals surface area contributed by atoms with Crippen LogP contribution in [0.1, 0.15) is 130 Å². The summed E-state index contributed by atoms with van der Waals surface area (Å²) in [6.45, 7) is 5.04. The minimum absolute atomic E-state index is 0.311. The van der Waals surface area contributed by atoms with Crippen LogP contribution >= 0.6 is 11.6 Å². The quantitative estimate of drug-likeness (QED) is 0.0368. The van der Waals surface area contributed by atoms with Crippen molar-refractivity contribution in [2.45, 2.75) is 110 Å². The molecule has 8 nitrogen and oxygen atoms in total. The molecule has 0 saturated heterocycles. The van der Waals surface area contributed by atoms with Crippen molar-refractivity contribution < 1.29 is 28.3 Å². The number of halogens is 1. The normalized spacial score (nSPS) is 11.0. The van der Waals surface area contributed by atoms with E-state index in [0.717, 1.165) is 25.7 Å². The lowest BCUT2D eigenvalue weighted by Gasteiger charge is -2.10. The number of nitrogens with zero attached hydrogens (tertiary/aromatic N) is 2. The lowest BCUT2D eigenvalue weighted by atomic mass is 10.0. The molecular weight excluding hydrogens is 712 g/mol. The fourth-order valence-corrected chi connectivity index (χ4v) is 6.44. The Morgan fingerprint density at radius 3 is 1.73 bits per heavy atom. The van der Waals surface area contributed by atoms with Gasteiger partial charge in [0.05, 0.1) is 22.8 Å². The summed E-state index contributed by atoms with van der Waals surface area (Å²) in [6, 6.07) is 26.3. The molecule has 0 unspecified atom stereocenters. The van der Waals surface area contributed by atoms with Crippen molar-refractivity contribution in [1.29, 1.82) is 0 Å². The molecule has 1 heterocycles. The van der Waals surface area contributed by atoms with Crippen LogP contribution < -0.4 is 14.2 Å². The molecule has 55 heavy (non-hydrogen) atoms. The summed E-state index contributed by atoms with van der Waals surface area (Å²) >= 11 is 6.44. The molecule has 0 radical (unpaired) electrons. The third-order valence-corrected chi connectivity index (χ3v) is 9.79. The number of benzene rings is 4. The van der Waals surface area contributed by atoms with E-state index in [9.17, 15) is 9.59 Å². The molecule has 0 amide bonds. The van der Waals surface area contributed by atoms with Gasteiger partial charge in [0.1, 0.15) is 17.2 Å². The Morgan fingerprint density at radius 1 is 0.600 bits per heavy atom. The maximum absolute atomic E-state index is 12.9. The van der Waals surface area contributed by atoms with Crippen LogP contribution in [0.4, 0.5) is 0 Å². The average Bonchev–Trinajstić information content (AvgIpc) is 3.70. The summed E-state index contributed by atoms with van der Waals surface area (Å²) in [4.78, 5) is 30.1. The number of esters is 2. The Morgan fingerprint density at radius 2 is 1.13 bits per heavy atom. The number of unbranched alkanes of at least 4 members (excludes halogenated alkanes) is 12. The van der Waals surface area contributed by atoms with Crippen LogP contribution in [0.15, 0.2) is 95.5 Å². The van der Waals surface area contributed by atoms with E-state index in [1.807, 2.05) is 24.3 Å². The SMILES string of the molecule is CCCCCCCCCCCCOc1ccc(C(=O)Oc2ccc(-c3noc(-c4ccc(OC(=O)c5ccc(CCCCCC)cc5)cc4)n3)cc2)cc1Cl. The van der Waals surface area contributed by atoms with E-state index in [1.165, 1.54) is 76.2 Å². The lowest BCUT2D eigenvalue weighted by Crippen LogP contribution is -2.08. The Bertz CT molecular complexity index is 1900. The molecule has 9 heteroatoms. The number of hydrogen-bond donors (Lipinski definition) is 0. The van der Waals surface area contributed by atoms with Crippen LogP contribution in [0, 0.1) is 0 Å². The van der Waals surface area contributed by atoms with E-state index in [1.54, 1.807) is 66.7 Å². The number of carbonyl (C=O) groups is 2. The number of aromatic nitrogens is 2. The molecule has 0 aliphatic heterocycles. The molecule has 5 aromatic rings. The monoisotopic (exact) mass is 764 g/mol. The van der Waals surface area contributed by atoms with Crippen molar-refractivity contribution in [3.8, 4) is 40.1 Å². The standard InChI is InChI=1S/C46H53ClN2O6/c1-3-5-7-9-10-11-12-13-14-16-32-52-42-31-26-38(33-41(42)47)46(51)54-39-27-22-35(23-28-39)43-48-44(55-49-43)36-24-29-40(30-25-36)53-45(50)37-20-18-34(19-21-37)17-15-8-6-4-2/h18-31,33H,3-17,32H2,1-2H3. The fraction of sp³-hybridized carbons (Fsp3) is 0.391. The Labute approximate surface area is 330 Å². The number of ether oxygens (including phenoxy) is 3. The van der Waals surface area contributed by atoms with Crippen LogP contribution in [0.3, 0.4) is 0 Å². The highest BCUT2D eigenvalue weighted by molar-refractivity contribution is 6.32. The van der Waals surface area contributed by atoms with Gasteiger partial charge < -0.3 is 18.7 Å². The van der Waals surface area contributed by atoms with Gasteiger partial charge in [-0.3, -0.25) is 0 Å². The van der Waals surface area contributed by atoms with E-state index in [-0.39, 0.29) is 0 Å². The molecule has 1 aromatic heterocycles. The van der Waals surface area contributed by atoms with Crippen LogP contribution in [0.5, 0.6) is 17.2 Å². The molecule has 0 atom stereocenters. The Hall–Kier alpha value is -4.95. The molecule has 0 saturated carbocycles. The van der Waals surface area contributed by atoms with Crippen molar-refractivity contribution in [3.63, 3.8) is 0 Å². The van der Waals surface area contributed by atoms with Crippen molar-refractivity contribution in [1.82, 2.24) is 10.1 Å².